The number of hydrogen-bond donors (Lipinski definition) is 1. The van der Waals surface area contributed by atoms with Gasteiger partial charge in [-0.25, -0.2) is 0 Å². The van der Waals surface area contributed by atoms with Gasteiger partial charge in [-0.2, -0.15) is 11.3 Å². The Morgan fingerprint density at radius 3 is 2.79 bits per heavy atom. The molecule has 2 nitrogen and oxygen atoms in total. The predicted molar refractivity (Wildman–Crippen MR) is 88.0 cm³/mol. The molecule has 1 aromatic carbocycles. The van der Waals surface area contributed by atoms with E-state index in [9.17, 15) is 0 Å². The van der Waals surface area contributed by atoms with Gasteiger partial charge in [0.15, 0.2) is 0 Å². The minimum atomic E-state index is 0.331. The molecular weight excluding hydrogens is 320 g/mol. The fraction of sp³-hybridized carbons (Fsp3) is 0.333. The van der Waals surface area contributed by atoms with Crippen molar-refractivity contribution in [1.29, 1.82) is 0 Å². The SMILES string of the molecule is CNC(C)c1cc(Br)ccc1N(C)Cc1ccsc1. The summed E-state index contributed by atoms with van der Waals surface area (Å²) in [5.74, 6) is 0. The molecular formula is C15H19BrN2S. The van der Waals surface area contributed by atoms with Crippen LogP contribution in [0.25, 0.3) is 0 Å². The van der Waals surface area contributed by atoms with E-state index < -0.39 is 0 Å². The maximum atomic E-state index is 3.56. The molecule has 0 fully saturated rings. The third kappa shape index (κ3) is 3.59. The molecule has 0 aliphatic carbocycles. The van der Waals surface area contributed by atoms with Gasteiger partial charge in [0.05, 0.1) is 0 Å². The zero-order chi connectivity index (χ0) is 13.8. The zero-order valence-electron chi connectivity index (χ0n) is 11.5. The molecule has 0 aliphatic heterocycles. The van der Waals surface area contributed by atoms with E-state index >= 15 is 0 Å². The Hall–Kier alpha value is -0.840. The van der Waals surface area contributed by atoms with E-state index in [0.29, 0.717) is 6.04 Å². The quantitative estimate of drug-likeness (QED) is 0.867. The number of benzene rings is 1. The number of rotatable bonds is 5. The Morgan fingerprint density at radius 2 is 2.16 bits per heavy atom. The highest BCUT2D eigenvalue weighted by Crippen LogP contribution is 2.29. The Labute approximate surface area is 127 Å². The molecule has 0 bridgehead atoms. The van der Waals surface area contributed by atoms with E-state index in [1.807, 2.05) is 7.05 Å². The van der Waals surface area contributed by atoms with Crippen LogP contribution in [0.2, 0.25) is 0 Å². The van der Waals surface area contributed by atoms with Crippen LogP contribution in [0.3, 0.4) is 0 Å². The molecule has 1 heterocycles. The molecule has 1 unspecified atom stereocenters. The van der Waals surface area contributed by atoms with Crippen LogP contribution in [-0.2, 0) is 6.54 Å². The van der Waals surface area contributed by atoms with E-state index in [1.165, 1.54) is 16.8 Å². The average Bonchev–Trinajstić information content (AvgIpc) is 2.90. The zero-order valence-corrected chi connectivity index (χ0v) is 13.9. The first kappa shape index (κ1) is 14.6. The van der Waals surface area contributed by atoms with E-state index in [0.717, 1.165) is 11.0 Å². The molecule has 1 atom stereocenters. The Morgan fingerprint density at radius 1 is 1.37 bits per heavy atom. The normalized spacial score (nSPS) is 12.4. The smallest absolute Gasteiger partial charge is 0.0434 e. The van der Waals surface area contributed by atoms with Gasteiger partial charge in [0.25, 0.3) is 0 Å². The lowest BCUT2D eigenvalue weighted by Gasteiger charge is -2.25. The van der Waals surface area contributed by atoms with Crippen LogP contribution in [0.5, 0.6) is 0 Å². The van der Waals surface area contributed by atoms with E-state index in [-0.39, 0.29) is 0 Å². The minimum absolute atomic E-state index is 0.331. The van der Waals surface area contributed by atoms with E-state index in [1.54, 1.807) is 11.3 Å². The molecule has 0 saturated heterocycles. The monoisotopic (exact) mass is 338 g/mol. The van der Waals surface area contributed by atoms with Crippen LogP contribution >= 0.6 is 27.3 Å². The first-order chi connectivity index (χ1) is 9.11. The summed E-state index contributed by atoms with van der Waals surface area (Å²) >= 11 is 5.31. The number of nitrogens with one attached hydrogen (secondary N) is 1. The molecule has 0 spiro atoms. The van der Waals surface area contributed by atoms with Gasteiger partial charge in [-0.15, -0.1) is 0 Å². The molecule has 2 rings (SSSR count). The standard InChI is InChI=1S/C15H19BrN2S/c1-11(17-2)14-8-13(16)4-5-15(14)18(3)9-12-6-7-19-10-12/h4-8,10-11,17H,9H2,1-3H3. The molecule has 2 aromatic rings. The molecule has 4 heteroatoms. The van der Waals surface area contributed by atoms with Crippen LogP contribution in [0, 0.1) is 0 Å². The maximum Gasteiger partial charge on any atom is 0.0434 e. The summed E-state index contributed by atoms with van der Waals surface area (Å²) in [6.07, 6.45) is 0. The van der Waals surface area contributed by atoms with Gasteiger partial charge >= 0.3 is 0 Å². The van der Waals surface area contributed by atoms with Crippen molar-refractivity contribution in [2.24, 2.45) is 0 Å². The Bertz CT molecular complexity index is 525. The largest absolute Gasteiger partial charge is 0.370 e. The van der Waals surface area contributed by atoms with Crippen molar-refractivity contribution >= 4 is 33.0 Å². The summed E-state index contributed by atoms with van der Waals surface area (Å²) in [5, 5.41) is 7.65. The summed E-state index contributed by atoms with van der Waals surface area (Å²) in [5.41, 5.74) is 3.95. The summed E-state index contributed by atoms with van der Waals surface area (Å²) < 4.78 is 1.12. The van der Waals surface area contributed by atoms with E-state index in [2.05, 4.69) is 75.1 Å². The molecule has 0 radical (unpaired) electrons. The molecule has 0 amide bonds. The second kappa shape index (κ2) is 6.55. The topological polar surface area (TPSA) is 15.3 Å². The second-order valence-electron chi connectivity index (χ2n) is 4.70. The number of anilines is 1. The number of thiophene rings is 1. The summed E-state index contributed by atoms with van der Waals surface area (Å²) in [4.78, 5) is 2.30. The maximum absolute atomic E-state index is 3.56. The van der Waals surface area contributed by atoms with Crippen molar-refractivity contribution in [2.45, 2.75) is 19.5 Å². The number of halogens is 1. The Kier molecular flexibility index (Phi) is 5.02. The van der Waals surface area contributed by atoms with Gasteiger partial charge in [-0.05, 0) is 60.1 Å². The highest BCUT2D eigenvalue weighted by Gasteiger charge is 2.13. The van der Waals surface area contributed by atoms with Crippen LogP contribution in [-0.4, -0.2) is 14.1 Å². The summed E-state index contributed by atoms with van der Waals surface area (Å²) in [7, 11) is 4.14. The molecule has 102 valence electrons. The van der Waals surface area contributed by atoms with Gasteiger partial charge < -0.3 is 10.2 Å². The summed E-state index contributed by atoms with van der Waals surface area (Å²) in [6.45, 7) is 3.12. The lowest BCUT2D eigenvalue weighted by molar-refractivity contribution is 0.649. The lowest BCUT2D eigenvalue weighted by atomic mass is 10.1. The van der Waals surface area contributed by atoms with Crippen molar-refractivity contribution in [1.82, 2.24) is 5.32 Å². The number of hydrogen-bond acceptors (Lipinski definition) is 3. The van der Waals surface area contributed by atoms with Crippen molar-refractivity contribution in [3.05, 3.63) is 50.6 Å². The third-order valence-electron chi connectivity index (χ3n) is 3.30. The highest BCUT2D eigenvalue weighted by molar-refractivity contribution is 9.10. The van der Waals surface area contributed by atoms with Crippen molar-refractivity contribution in [3.63, 3.8) is 0 Å². The molecule has 0 saturated carbocycles. The van der Waals surface area contributed by atoms with Gasteiger partial charge in [0, 0.05) is 29.8 Å². The van der Waals surface area contributed by atoms with Crippen LogP contribution in [0.15, 0.2) is 39.5 Å². The fourth-order valence-corrected chi connectivity index (χ4v) is 3.16. The third-order valence-corrected chi connectivity index (χ3v) is 4.53. The highest BCUT2D eigenvalue weighted by atomic mass is 79.9. The molecule has 1 aromatic heterocycles. The van der Waals surface area contributed by atoms with Crippen molar-refractivity contribution in [3.8, 4) is 0 Å². The van der Waals surface area contributed by atoms with Crippen LogP contribution in [0.1, 0.15) is 24.1 Å². The van der Waals surface area contributed by atoms with Gasteiger partial charge in [0.1, 0.15) is 0 Å². The second-order valence-corrected chi connectivity index (χ2v) is 6.40. The average molecular weight is 339 g/mol. The van der Waals surface area contributed by atoms with Gasteiger partial charge in [0.2, 0.25) is 0 Å². The predicted octanol–water partition coefficient (Wildman–Crippen LogP) is 4.43. The minimum Gasteiger partial charge on any atom is -0.370 e. The summed E-state index contributed by atoms with van der Waals surface area (Å²) in [6, 6.07) is 8.99. The van der Waals surface area contributed by atoms with Crippen molar-refractivity contribution < 1.29 is 0 Å². The lowest BCUT2D eigenvalue weighted by Crippen LogP contribution is -2.21. The van der Waals surface area contributed by atoms with Crippen LogP contribution < -0.4 is 10.2 Å². The van der Waals surface area contributed by atoms with Gasteiger partial charge in [-0.3, -0.25) is 0 Å². The first-order valence-electron chi connectivity index (χ1n) is 6.30. The number of nitrogens with zero attached hydrogens (tertiary/aromatic N) is 1. The van der Waals surface area contributed by atoms with Crippen LogP contribution in [0.4, 0.5) is 5.69 Å². The molecule has 0 aliphatic rings. The Balaban J connectivity index is 2.27. The van der Waals surface area contributed by atoms with E-state index in [4.69, 9.17) is 0 Å². The molecule has 1 N–H and O–H groups in total. The molecule has 19 heavy (non-hydrogen) atoms. The van der Waals surface area contributed by atoms with Crippen molar-refractivity contribution in [2.75, 3.05) is 19.0 Å². The van der Waals surface area contributed by atoms with Gasteiger partial charge in [-0.1, -0.05) is 15.9 Å². The fourth-order valence-electron chi connectivity index (χ4n) is 2.12. The first-order valence-corrected chi connectivity index (χ1v) is 8.04.